The molecular formula is C11H19N. The van der Waals surface area contributed by atoms with Crippen LogP contribution in [0.5, 0.6) is 0 Å². The second-order valence-electron chi connectivity index (χ2n) is 4.29. The predicted molar refractivity (Wildman–Crippen MR) is 52.1 cm³/mol. The topological polar surface area (TPSA) is 12.0 Å². The van der Waals surface area contributed by atoms with Gasteiger partial charge in [-0.3, -0.25) is 0 Å². The van der Waals surface area contributed by atoms with E-state index in [1.807, 2.05) is 0 Å². The van der Waals surface area contributed by atoms with Gasteiger partial charge in [-0.2, -0.15) is 0 Å². The molecule has 1 heteroatoms. The smallest absolute Gasteiger partial charge is 0.0254 e. The van der Waals surface area contributed by atoms with Crippen molar-refractivity contribution in [3.8, 4) is 0 Å². The molecule has 2 atom stereocenters. The van der Waals surface area contributed by atoms with Gasteiger partial charge in [0.2, 0.25) is 0 Å². The lowest BCUT2D eigenvalue weighted by atomic mass is 9.79. The molecule has 0 saturated heterocycles. The number of nitrogens with one attached hydrogen (secondary N) is 1. The Balaban J connectivity index is 2.27. The van der Waals surface area contributed by atoms with Crippen molar-refractivity contribution < 1.29 is 0 Å². The maximum atomic E-state index is 3.57. The first-order chi connectivity index (χ1) is 5.79. The van der Waals surface area contributed by atoms with Crippen LogP contribution in [0.1, 0.15) is 39.5 Å². The summed E-state index contributed by atoms with van der Waals surface area (Å²) in [4.78, 5) is 0. The van der Waals surface area contributed by atoms with Crippen LogP contribution in [-0.4, -0.2) is 12.6 Å². The van der Waals surface area contributed by atoms with Gasteiger partial charge in [0.1, 0.15) is 0 Å². The molecular weight excluding hydrogens is 146 g/mol. The Labute approximate surface area is 75.2 Å². The second kappa shape index (κ2) is 3.21. The normalized spacial score (nSPS) is 36.5. The molecule has 12 heavy (non-hydrogen) atoms. The van der Waals surface area contributed by atoms with Crippen molar-refractivity contribution in [1.82, 2.24) is 5.32 Å². The van der Waals surface area contributed by atoms with Crippen LogP contribution in [0.25, 0.3) is 0 Å². The van der Waals surface area contributed by atoms with Crippen molar-refractivity contribution in [3.63, 3.8) is 0 Å². The van der Waals surface area contributed by atoms with Crippen LogP contribution >= 0.6 is 0 Å². The zero-order valence-electron chi connectivity index (χ0n) is 8.19. The average Bonchev–Trinajstić information content (AvgIpc) is 2.12. The summed E-state index contributed by atoms with van der Waals surface area (Å²) in [6, 6.07) is 0.663. The van der Waals surface area contributed by atoms with E-state index in [1.54, 1.807) is 11.1 Å². The molecule has 0 saturated carbocycles. The molecule has 2 rings (SSSR count). The molecule has 1 N–H and O–H groups in total. The molecule has 1 heterocycles. The summed E-state index contributed by atoms with van der Waals surface area (Å²) in [6.07, 6.45) is 5.57. The fraction of sp³-hybridized carbons (Fsp3) is 0.818. The largest absolute Gasteiger partial charge is 0.310 e. The van der Waals surface area contributed by atoms with Crippen molar-refractivity contribution in [3.05, 3.63) is 11.1 Å². The van der Waals surface area contributed by atoms with Crippen LogP contribution in [0.15, 0.2) is 11.1 Å². The van der Waals surface area contributed by atoms with Gasteiger partial charge in [-0.05, 0) is 38.5 Å². The predicted octanol–water partition coefficient (Wildman–Crippen LogP) is 2.48. The van der Waals surface area contributed by atoms with Crippen LogP contribution in [0, 0.1) is 5.92 Å². The van der Waals surface area contributed by atoms with Crippen LogP contribution < -0.4 is 5.32 Å². The lowest BCUT2D eigenvalue weighted by Crippen LogP contribution is -2.39. The van der Waals surface area contributed by atoms with Crippen LogP contribution in [0.3, 0.4) is 0 Å². The highest BCUT2D eigenvalue weighted by atomic mass is 14.9. The van der Waals surface area contributed by atoms with Gasteiger partial charge in [0.15, 0.2) is 0 Å². The van der Waals surface area contributed by atoms with Gasteiger partial charge in [0.25, 0.3) is 0 Å². The summed E-state index contributed by atoms with van der Waals surface area (Å²) in [5.74, 6) is 0.802. The van der Waals surface area contributed by atoms with Gasteiger partial charge in [-0.25, -0.2) is 0 Å². The highest BCUT2D eigenvalue weighted by molar-refractivity contribution is 5.26. The lowest BCUT2D eigenvalue weighted by molar-refractivity contribution is 0.433. The van der Waals surface area contributed by atoms with Gasteiger partial charge < -0.3 is 5.32 Å². The monoisotopic (exact) mass is 165 g/mol. The molecule has 0 spiro atoms. The van der Waals surface area contributed by atoms with Crippen LogP contribution in [0.2, 0.25) is 0 Å². The molecule has 0 aromatic heterocycles. The summed E-state index contributed by atoms with van der Waals surface area (Å²) in [6.45, 7) is 5.87. The van der Waals surface area contributed by atoms with Crippen molar-refractivity contribution in [1.29, 1.82) is 0 Å². The van der Waals surface area contributed by atoms with Gasteiger partial charge in [-0.1, -0.05) is 18.1 Å². The van der Waals surface area contributed by atoms with Crippen molar-refractivity contribution >= 4 is 0 Å². The molecule has 68 valence electrons. The van der Waals surface area contributed by atoms with E-state index in [4.69, 9.17) is 0 Å². The van der Waals surface area contributed by atoms with E-state index >= 15 is 0 Å². The minimum absolute atomic E-state index is 0.663. The lowest BCUT2D eigenvalue weighted by Gasteiger charge is -2.34. The fourth-order valence-electron chi connectivity index (χ4n) is 2.61. The Bertz CT molecular complexity index is 183. The third-order valence-electron chi connectivity index (χ3n) is 3.40. The summed E-state index contributed by atoms with van der Waals surface area (Å²) < 4.78 is 0. The fourth-order valence-corrected chi connectivity index (χ4v) is 2.61. The van der Waals surface area contributed by atoms with E-state index in [-0.39, 0.29) is 0 Å². The zero-order valence-corrected chi connectivity index (χ0v) is 8.19. The van der Waals surface area contributed by atoms with Crippen molar-refractivity contribution in [2.24, 2.45) is 5.92 Å². The molecule has 0 fully saturated rings. The van der Waals surface area contributed by atoms with Crippen molar-refractivity contribution in [2.75, 3.05) is 6.54 Å². The van der Waals surface area contributed by atoms with E-state index in [0.29, 0.717) is 6.04 Å². The van der Waals surface area contributed by atoms with E-state index in [9.17, 15) is 0 Å². The molecule has 1 nitrogen and oxygen atoms in total. The number of hydrogen-bond donors (Lipinski definition) is 1. The first kappa shape index (κ1) is 8.31. The third kappa shape index (κ3) is 1.31. The highest BCUT2D eigenvalue weighted by Gasteiger charge is 2.25. The molecule has 0 aromatic rings. The van der Waals surface area contributed by atoms with Crippen LogP contribution in [0.4, 0.5) is 0 Å². The number of rotatable bonds is 0. The maximum absolute atomic E-state index is 3.57. The van der Waals surface area contributed by atoms with E-state index in [1.165, 1.54) is 32.2 Å². The molecule has 0 aromatic carbocycles. The molecule has 1 aliphatic carbocycles. The summed E-state index contributed by atoms with van der Waals surface area (Å²) >= 11 is 0. The van der Waals surface area contributed by atoms with Crippen molar-refractivity contribution in [2.45, 2.75) is 45.6 Å². The minimum Gasteiger partial charge on any atom is -0.310 e. The first-order valence-electron chi connectivity index (χ1n) is 5.24. The molecule has 2 aliphatic rings. The van der Waals surface area contributed by atoms with Gasteiger partial charge in [0, 0.05) is 12.6 Å². The molecule has 1 aliphatic heterocycles. The molecule has 0 bridgehead atoms. The van der Waals surface area contributed by atoms with Gasteiger partial charge >= 0.3 is 0 Å². The Kier molecular flexibility index (Phi) is 2.22. The minimum atomic E-state index is 0.663. The quantitative estimate of drug-likeness (QED) is 0.544. The molecule has 2 unspecified atom stereocenters. The summed E-state index contributed by atoms with van der Waals surface area (Å²) in [5.41, 5.74) is 3.52. The Hall–Kier alpha value is -0.300. The average molecular weight is 165 g/mol. The van der Waals surface area contributed by atoms with Gasteiger partial charge in [-0.15, -0.1) is 0 Å². The molecule has 0 amide bonds. The van der Waals surface area contributed by atoms with E-state index in [2.05, 4.69) is 19.2 Å². The first-order valence-corrected chi connectivity index (χ1v) is 5.24. The van der Waals surface area contributed by atoms with E-state index < -0.39 is 0 Å². The Morgan fingerprint density at radius 3 is 2.42 bits per heavy atom. The standard InChI is InChI=1S/C11H19N/c1-8-7-12-9(2)11-6-4-3-5-10(8)11/h8-9,12H,3-7H2,1-2H3. The SMILES string of the molecule is CC1CNC(C)C2=C1CCCC2. The summed E-state index contributed by atoms with van der Waals surface area (Å²) in [7, 11) is 0. The summed E-state index contributed by atoms with van der Waals surface area (Å²) in [5, 5.41) is 3.57. The third-order valence-corrected chi connectivity index (χ3v) is 3.40. The van der Waals surface area contributed by atoms with Crippen LogP contribution in [-0.2, 0) is 0 Å². The Morgan fingerprint density at radius 1 is 1.08 bits per heavy atom. The number of hydrogen-bond acceptors (Lipinski definition) is 1. The highest BCUT2D eigenvalue weighted by Crippen LogP contribution is 2.34. The Morgan fingerprint density at radius 2 is 1.75 bits per heavy atom. The van der Waals surface area contributed by atoms with Gasteiger partial charge in [0.05, 0.1) is 0 Å². The zero-order chi connectivity index (χ0) is 8.55. The molecule has 0 radical (unpaired) electrons. The maximum Gasteiger partial charge on any atom is 0.0254 e. The second-order valence-corrected chi connectivity index (χ2v) is 4.29. The van der Waals surface area contributed by atoms with E-state index in [0.717, 1.165) is 5.92 Å².